The summed E-state index contributed by atoms with van der Waals surface area (Å²) in [4.78, 5) is 9.12. The Morgan fingerprint density at radius 1 is 0.571 bits per heavy atom. The maximum atomic E-state index is 11.1. The fraction of sp³-hybridized carbons (Fsp3) is 1.00. The van der Waals surface area contributed by atoms with Gasteiger partial charge in [-0.1, -0.05) is 136 Å². The maximum absolute atomic E-state index is 11.1. The second kappa shape index (κ2) is 23.4. The van der Waals surface area contributed by atoms with Crippen molar-refractivity contribution in [1.82, 2.24) is 0 Å². The van der Waals surface area contributed by atoms with Crippen LogP contribution < -0.4 is 0 Å². The Kier molecular flexibility index (Phi) is 23.6. The molecule has 0 spiro atoms. The highest BCUT2D eigenvalue weighted by atomic mass is 31.1. The van der Waals surface area contributed by atoms with Gasteiger partial charge in [-0.3, -0.25) is 4.57 Å². The summed E-state index contributed by atoms with van der Waals surface area (Å²) >= 11 is 0. The number of unbranched alkanes of at least 4 members (excludes halogenated alkanes) is 17. The van der Waals surface area contributed by atoms with Gasteiger partial charge < -0.3 is 9.42 Å². The summed E-state index contributed by atoms with van der Waals surface area (Å²) in [6, 6.07) is 0. The smallest absolute Gasteiger partial charge is 0.316 e. The normalized spacial score (nSPS) is 13.7. The van der Waals surface area contributed by atoms with Gasteiger partial charge >= 0.3 is 8.25 Å². The minimum Gasteiger partial charge on any atom is -0.326 e. The Morgan fingerprint density at radius 3 is 1.14 bits per heavy atom. The molecule has 3 nitrogen and oxygen atoms in total. The third-order valence-electron chi connectivity index (χ3n) is 5.78. The molecule has 0 aromatic rings. The molecule has 0 aliphatic heterocycles. The van der Waals surface area contributed by atoms with E-state index in [1.54, 1.807) is 0 Å². The average molecular weight is 419 g/mol. The summed E-state index contributed by atoms with van der Waals surface area (Å²) in [6.07, 6.45) is 27.1. The van der Waals surface area contributed by atoms with E-state index in [0.717, 1.165) is 25.7 Å². The van der Waals surface area contributed by atoms with Gasteiger partial charge in [0.1, 0.15) is 0 Å². The first-order valence-corrected chi connectivity index (χ1v) is 13.9. The predicted octanol–water partition coefficient (Wildman–Crippen LogP) is 8.99. The molecule has 2 unspecified atom stereocenters. The molecule has 1 N–H and O–H groups in total. The van der Waals surface area contributed by atoms with Crippen LogP contribution in [0.4, 0.5) is 0 Å². The monoisotopic (exact) mass is 418 g/mol. The van der Waals surface area contributed by atoms with E-state index in [1.807, 2.05) is 0 Å². The van der Waals surface area contributed by atoms with Crippen molar-refractivity contribution in [1.29, 1.82) is 0 Å². The topological polar surface area (TPSA) is 46.5 Å². The fourth-order valence-corrected chi connectivity index (χ4v) is 4.47. The lowest BCUT2D eigenvalue weighted by Crippen LogP contribution is -2.09. The van der Waals surface area contributed by atoms with E-state index in [9.17, 15) is 4.57 Å². The van der Waals surface area contributed by atoms with E-state index >= 15 is 0 Å². The van der Waals surface area contributed by atoms with Gasteiger partial charge in [0.05, 0.1) is 6.10 Å². The van der Waals surface area contributed by atoms with Gasteiger partial charge in [0, 0.05) is 0 Å². The second-order valence-corrected chi connectivity index (χ2v) is 9.36. The zero-order chi connectivity index (χ0) is 20.7. The third-order valence-corrected chi connectivity index (χ3v) is 6.31. The lowest BCUT2D eigenvalue weighted by atomic mass is 10.0. The molecule has 0 saturated heterocycles. The highest BCUT2D eigenvalue weighted by Gasteiger charge is 2.11. The van der Waals surface area contributed by atoms with Crippen LogP contribution in [0.1, 0.15) is 149 Å². The Labute approximate surface area is 177 Å². The van der Waals surface area contributed by atoms with E-state index < -0.39 is 8.25 Å². The van der Waals surface area contributed by atoms with Gasteiger partial charge in [0.15, 0.2) is 0 Å². The predicted molar refractivity (Wildman–Crippen MR) is 124 cm³/mol. The van der Waals surface area contributed by atoms with Gasteiger partial charge in [-0.2, -0.15) is 0 Å². The minimum atomic E-state index is -2.80. The molecule has 0 bridgehead atoms. The molecule has 170 valence electrons. The molecule has 0 aromatic carbocycles. The van der Waals surface area contributed by atoms with Crippen LogP contribution in [0.15, 0.2) is 0 Å². The SMILES string of the molecule is CCCCCCCCCCCCCCCC(CCCCCCCC)O[PH](=O)O. The van der Waals surface area contributed by atoms with Crippen LogP contribution in [0.5, 0.6) is 0 Å². The summed E-state index contributed by atoms with van der Waals surface area (Å²) in [7, 11) is -2.80. The molecule has 0 aromatic heterocycles. The molecule has 0 fully saturated rings. The van der Waals surface area contributed by atoms with Crippen LogP contribution in [0.25, 0.3) is 0 Å². The first-order chi connectivity index (χ1) is 13.7. The Balaban J connectivity index is 3.49. The van der Waals surface area contributed by atoms with Gasteiger partial charge in [-0.15, -0.1) is 0 Å². The highest BCUT2D eigenvalue weighted by molar-refractivity contribution is 7.32. The first-order valence-electron chi connectivity index (χ1n) is 12.6. The maximum Gasteiger partial charge on any atom is 0.316 e. The van der Waals surface area contributed by atoms with E-state index in [0.29, 0.717) is 0 Å². The van der Waals surface area contributed by atoms with Crippen molar-refractivity contribution in [2.75, 3.05) is 0 Å². The van der Waals surface area contributed by atoms with Gasteiger partial charge in [-0.05, 0) is 12.8 Å². The molecule has 0 aliphatic carbocycles. The van der Waals surface area contributed by atoms with Crippen LogP contribution in [-0.2, 0) is 9.09 Å². The van der Waals surface area contributed by atoms with Crippen LogP contribution in [-0.4, -0.2) is 11.0 Å². The lowest BCUT2D eigenvalue weighted by Gasteiger charge is -2.16. The van der Waals surface area contributed by atoms with Crippen molar-refractivity contribution in [2.45, 2.75) is 155 Å². The summed E-state index contributed by atoms with van der Waals surface area (Å²) in [5.74, 6) is 0. The van der Waals surface area contributed by atoms with Crippen molar-refractivity contribution in [3.63, 3.8) is 0 Å². The van der Waals surface area contributed by atoms with Crippen molar-refractivity contribution < 1.29 is 14.0 Å². The van der Waals surface area contributed by atoms with Gasteiger partial charge in [-0.25, -0.2) is 0 Å². The van der Waals surface area contributed by atoms with Gasteiger partial charge in [0.2, 0.25) is 0 Å². The number of rotatable bonds is 23. The third kappa shape index (κ3) is 22.4. The molecular weight excluding hydrogens is 367 g/mol. The Bertz CT molecular complexity index is 323. The van der Waals surface area contributed by atoms with Crippen LogP contribution >= 0.6 is 8.25 Å². The fourth-order valence-electron chi connectivity index (χ4n) is 3.95. The first kappa shape index (κ1) is 28.1. The zero-order valence-corrected chi connectivity index (χ0v) is 20.2. The Hall–Kier alpha value is 0.150. The molecule has 4 heteroatoms. The van der Waals surface area contributed by atoms with Crippen molar-refractivity contribution in [3.05, 3.63) is 0 Å². The number of hydrogen-bond donors (Lipinski definition) is 1. The highest BCUT2D eigenvalue weighted by Crippen LogP contribution is 2.25. The summed E-state index contributed by atoms with van der Waals surface area (Å²) in [5, 5.41) is 0. The van der Waals surface area contributed by atoms with E-state index in [-0.39, 0.29) is 6.10 Å². The van der Waals surface area contributed by atoms with E-state index in [1.165, 1.54) is 109 Å². The molecule has 0 amide bonds. The zero-order valence-electron chi connectivity index (χ0n) is 19.2. The van der Waals surface area contributed by atoms with E-state index in [2.05, 4.69) is 13.8 Å². The molecule has 0 radical (unpaired) electrons. The van der Waals surface area contributed by atoms with Crippen LogP contribution in [0.3, 0.4) is 0 Å². The summed E-state index contributed by atoms with van der Waals surface area (Å²) < 4.78 is 16.4. The van der Waals surface area contributed by atoms with E-state index in [4.69, 9.17) is 9.42 Å². The van der Waals surface area contributed by atoms with Crippen molar-refractivity contribution >= 4 is 8.25 Å². The largest absolute Gasteiger partial charge is 0.326 e. The molecular formula is C24H51O3P. The van der Waals surface area contributed by atoms with Crippen LogP contribution in [0.2, 0.25) is 0 Å². The standard InChI is InChI=1S/C24H51O3P/c1-3-5-7-9-11-12-13-14-15-16-17-19-21-23-24(27-28(25)26)22-20-18-10-8-6-4-2/h24,28H,3-23H2,1-2H3,(H,25,26). The minimum absolute atomic E-state index is 0.00438. The molecule has 0 aliphatic rings. The molecule has 0 saturated carbocycles. The molecule has 28 heavy (non-hydrogen) atoms. The lowest BCUT2D eigenvalue weighted by molar-refractivity contribution is 0.162. The van der Waals surface area contributed by atoms with Gasteiger partial charge in [0.25, 0.3) is 0 Å². The number of hydrogen-bond acceptors (Lipinski definition) is 2. The average Bonchev–Trinajstić information content (AvgIpc) is 2.67. The second-order valence-electron chi connectivity index (χ2n) is 8.59. The molecule has 2 atom stereocenters. The van der Waals surface area contributed by atoms with Crippen LogP contribution in [0, 0.1) is 0 Å². The quantitative estimate of drug-likeness (QED) is 0.133. The molecule has 0 rings (SSSR count). The Morgan fingerprint density at radius 2 is 0.857 bits per heavy atom. The summed E-state index contributed by atoms with van der Waals surface area (Å²) in [6.45, 7) is 4.51. The molecule has 0 heterocycles. The van der Waals surface area contributed by atoms with Crippen molar-refractivity contribution in [3.8, 4) is 0 Å². The van der Waals surface area contributed by atoms with Crippen molar-refractivity contribution in [2.24, 2.45) is 0 Å². The summed E-state index contributed by atoms with van der Waals surface area (Å²) in [5.41, 5.74) is 0.